The van der Waals surface area contributed by atoms with E-state index in [4.69, 9.17) is 13.9 Å². The van der Waals surface area contributed by atoms with Crippen molar-refractivity contribution in [3.05, 3.63) is 12.2 Å². The lowest BCUT2D eigenvalue weighted by Gasteiger charge is -2.46. The number of carbonyl (C=O) groups is 2. The zero-order valence-electron chi connectivity index (χ0n) is 29.9. The summed E-state index contributed by atoms with van der Waals surface area (Å²) in [5, 5.41) is 0.179. The Morgan fingerprint density at radius 2 is 1.80 bits per heavy atom. The van der Waals surface area contributed by atoms with Gasteiger partial charge >= 0.3 is 5.97 Å². The Kier molecular flexibility index (Phi) is 16.6. The molecule has 0 unspecified atom stereocenters. The summed E-state index contributed by atoms with van der Waals surface area (Å²) < 4.78 is 19.6. The van der Waals surface area contributed by atoms with Crippen LogP contribution in [0.3, 0.4) is 0 Å². The molecule has 2 saturated heterocycles. The number of esters is 1. The maximum absolute atomic E-state index is 12.5. The quantitative estimate of drug-likeness (QED) is 0.0446. The third-order valence-electron chi connectivity index (χ3n) is 10.1. The summed E-state index contributed by atoms with van der Waals surface area (Å²) in [5.41, 5.74) is 1.25. The van der Waals surface area contributed by atoms with E-state index in [1.54, 1.807) is 6.92 Å². The molecule has 0 saturated carbocycles. The Balaban J connectivity index is 2.14. The fourth-order valence-corrected chi connectivity index (χ4v) is 11.6. The molecule has 2 rings (SSSR count). The molecule has 0 spiro atoms. The number of rotatable bonds is 19. The van der Waals surface area contributed by atoms with Crippen LogP contribution in [0.1, 0.15) is 126 Å². The number of hydrogen-bond acceptors (Lipinski definition) is 7. The van der Waals surface area contributed by atoms with Gasteiger partial charge in [0.05, 0.1) is 12.2 Å². The van der Waals surface area contributed by atoms with Crippen LogP contribution in [-0.4, -0.2) is 60.6 Å². The third kappa shape index (κ3) is 12.1. The van der Waals surface area contributed by atoms with E-state index in [1.165, 1.54) is 12.0 Å². The number of ether oxygens (including phenoxy) is 2. The van der Waals surface area contributed by atoms with Crippen LogP contribution in [0.15, 0.2) is 12.2 Å². The predicted octanol–water partition coefficient (Wildman–Crippen LogP) is 10.2. The van der Waals surface area contributed by atoms with Gasteiger partial charge < -0.3 is 18.7 Å². The number of aldehydes is 1. The summed E-state index contributed by atoms with van der Waals surface area (Å²) in [6, 6.07) is 0. The number of carbonyl (C=O) groups excluding carboxylic acids is 2. The fourth-order valence-electron chi connectivity index (χ4n) is 6.57. The topological polar surface area (TPSA) is 61.8 Å². The lowest BCUT2D eigenvalue weighted by atomic mass is 9.89. The van der Waals surface area contributed by atoms with E-state index in [-0.39, 0.29) is 45.4 Å². The van der Waals surface area contributed by atoms with E-state index in [0.29, 0.717) is 11.8 Å². The molecule has 256 valence electrons. The van der Waals surface area contributed by atoms with Crippen LogP contribution >= 0.6 is 23.5 Å². The standard InChI is InChI=1S/C36H66O5S2Si/c1-12-16-31(41-44(10,11)35(7,8)9)22-27(3)21-29(5)36(42-19-15-20-43-36)34(39-30(6)38)24-32-23-28(4)33(40-32)18-14-13-17-26(2)25-37/h25-26,28-29,31-34H,3,12-24H2,1-2,4-11H3/t26-,28-,29+,31+,32+,33-,34+/m0/s1. The number of unbranched alkanes of at least 4 members (excludes halogenated alkanes) is 1. The van der Waals surface area contributed by atoms with Crippen LogP contribution in [0.25, 0.3) is 0 Å². The molecule has 8 heteroatoms. The molecule has 5 nitrogen and oxygen atoms in total. The molecule has 0 aromatic rings. The average Bonchev–Trinajstić information content (AvgIpc) is 3.28. The molecule has 2 aliphatic heterocycles. The Morgan fingerprint density at radius 3 is 2.36 bits per heavy atom. The van der Waals surface area contributed by atoms with Gasteiger partial charge in [-0.05, 0) is 86.4 Å². The normalized spacial score (nSPS) is 25.2. The summed E-state index contributed by atoms with van der Waals surface area (Å²) >= 11 is 3.99. The lowest BCUT2D eigenvalue weighted by molar-refractivity contribution is -0.149. The maximum atomic E-state index is 12.5. The highest BCUT2D eigenvalue weighted by Gasteiger charge is 2.50. The van der Waals surface area contributed by atoms with Crippen molar-refractivity contribution in [1.82, 2.24) is 0 Å². The lowest BCUT2D eigenvalue weighted by Crippen LogP contribution is -2.48. The number of thioether (sulfide) groups is 2. The van der Waals surface area contributed by atoms with E-state index < -0.39 is 8.32 Å². The van der Waals surface area contributed by atoms with Gasteiger partial charge in [0.2, 0.25) is 0 Å². The average molecular weight is 671 g/mol. The van der Waals surface area contributed by atoms with Crippen molar-refractivity contribution in [2.75, 3.05) is 11.5 Å². The van der Waals surface area contributed by atoms with Gasteiger partial charge in [0, 0.05) is 25.4 Å². The van der Waals surface area contributed by atoms with Crippen molar-refractivity contribution in [3.63, 3.8) is 0 Å². The smallest absolute Gasteiger partial charge is 0.302 e. The molecule has 2 aliphatic rings. The van der Waals surface area contributed by atoms with Gasteiger partial charge in [-0.25, -0.2) is 0 Å². The molecule has 0 aliphatic carbocycles. The molecule has 0 bridgehead atoms. The van der Waals surface area contributed by atoms with Crippen molar-refractivity contribution in [2.45, 2.75) is 173 Å². The zero-order valence-corrected chi connectivity index (χ0v) is 32.5. The molecular weight excluding hydrogens is 605 g/mol. The second-order valence-electron chi connectivity index (χ2n) is 15.4. The van der Waals surface area contributed by atoms with Crippen molar-refractivity contribution in [3.8, 4) is 0 Å². The van der Waals surface area contributed by atoms with Crippen molar-refractivity contribution >= 4 is 44.1 Å². The van der Waals surface area contributed by atoms with Crippen LogP contribution < -0.4 is 0 Å². The molecule has 44 heavy (non-hydrogen) atoms. The SMILES string of the molecule is C=C(C[C@@H](CCC)O[Si](C)(C)C(C)(C)C)C[C@@H](C)C1([C@@H](C[C@H]2C[C@H](C)[C@H](CCCC[C@H](C)C=O)O2)OC(C)=O)SCCCS1. The molecule has 0 aromatic heterocycles. The highest BCUT2D eigenvalue weighted by atomic mass is 32.2. The van der Waals surface area contributed by atoms with Gasteiger partial charge in [-0.3, -0.25) is 4.79 Å². The molecule has 0 N–H and O–H groups in total. The van der Waals surface area contributed by atoms with Crippen LogP contribution in [0.2, 0.25) is 18.1 Å². The van der Waals surface area contributed by atoms with Crippen molar-refractivity contribution in [2.24, 2.45) is 17.8 Å². The number of hydrogen-bond donors (Lipinski definition) is 0. The van der Waals surface area contributed by atoms with Crippen LogP contribution in [0.5, 0.6) is 0 Å². The van der Waals surface area contributed by atoms with Crippen molar-refractivity contribution in [1.29, 1.82) is 0 Å². The summed E-state index contributed by atoms with van der Waals surface area (Å²) in [7, 11) is -1.88. The van der Waals surface area contributed by atoms with Crippen LogP contribution in [0, 0.1) is 17.8 Å². The Hall–Kier alpha value is -0.283. The highest BCUT2D eigenvalue weighted by Crippen LogP contribution is 2.54. The molecule has 0 amide bonds. The van der Waals surface area contributed by atoms with E-state index in [9.17, 15) is 9.59 Å². The summed E-state index contributed by atoms with van der Waals surface area (Å²) in [6.45, 7) is 26.6. The van der Waals surface area contributed by atoms with E-state index >= 15 is 0 Å². The summed E-state index contributed by atoms with van der Waals surface area (Å²) in [4.78, 5) is 23.5. The Labute approximate surface area is 280 Å². The summed E-state index contributed by atoms with van der Waals surface area (Å²) in [5.74, 6) is 2.87. The summed E-state index contributed by atoms with van der Waals surface area (Å²) in [6.07, 6.45) is 12.4. The minimum Gasteiger partial charge on any atom is -0.460 e. The monoisotopic (exact) mass is 670 g/mol. The minimum atomic E-state index is -1.88. The van der Waals surface area contributed by atoms with Gasteiger partial charge in [-0.1, -0.05) is 79.9 Å². The van der Waals surface area contributed by atoms with E-state index in [0.717, 1.165) is 82.0 Å². The van der Waals surface area contributed by atoms with Gasteiger partial charge in [0.1, 0.15) is 16.5 Å². The molecule has 0 aromatic carbocycles. The first-order chi connectivity index (χ1) is 20.5. The van der Waals surface area contributed by atoms with E-state index in [1.807, 2.05) is 30.4 Å². The van der Waals surface area contributed by atoms with Gasteiger partial charge in [-0.2, -0.15) is 0 Å². The van der Waals surface area contributed by atoms with Gasteiger partial charge in [0.15, 0.2) is 8.32 Å². The highest BCUT2D eigenvalue weighted by molar-refractivity contribution is 8.18. The van der Waals surface area contributed by atoms with Gasteiger partial charge in [-0.15, -0.1) is 23.5 Å². The zero-order chi connectivity index (χ0) is 33.1. The second kappa shape index (κ2) is 18.3. The molecule has 2 fully saturated rings. The minimum absolute atomic E-state index is 0.0931. The molecule has 0 radical (unpaired) electrons. The van der Waals surface area contributed by atoms with Gasteiger partial charge in [0.25, 0.3) is 0 Å². The largest absolute Gasteiger partial charge is 0.460 e. The van der Waals surface area contributed by atoms with Crippen LogP contribution in [0.4, 0.5) is 0 Å². The molecule has 7 atom stereocenters. The van der Waals surface area contributed by atoms with Crippen LogP contribution in [-0.2, 0) is 23.5 Å². The second-order valence-corrected chi connectivity index (χ2v) is 23.1. The maximum Gasteiger partial charge on any atom is 0.302 e. The first-order valence-corrected chi connectivity index (χ1v) is 22.3. The Bertz CT molecular complexity index is 897. The van der Waals surface area contributed by atoms with Crippen molar-refractivity contribution < 1.29 is 23.5 Å². The fraction of sp³-hybridized carbons (Fsp3) is 0.889. The molecular formula is C36H66O5S2Si. The third-order valence-corrected chi connectivity index (χ3v) is 18.6. The van der Waals surface area contributed by atoms with E-state index in [2.05, 4.69) is 61.2 Å². The predicted molar refractivity (Wildman–Crippen MR) is 193 cm³/mol. The first kappa shape index (κ1) is 39.9. The Morgan fingerprint density at radius 1 is 1.14 bits per heavy atom. The molecule has 2 heterocycles. The first-order valence-electron chi connectivity index (χ1n) is 17.4.